The lowest BCUT2D eigenvalue weighted by atomic mass is 9.68. The molecule has 2 fully saturated rings. The number of nitrogens with zero attached hydrogens (tertiary/aromatic N) is 1. The van der Waals surface area contributed by atoms with E-state index in [9.17, 15) is 4.79 Å². The highest BCUT2D eigenvalue weighted by Crippen LogP contribution is 2.44. The van der Waals surface area contributed by atoms with Crippen LogP contribution in [0, 0.1) is 10.8 Å². The van der Waals surface area contributed by atoms with E-state index in [-0.39, 0.29) is 17.4 Å². The van der Waals surface area contributed by atoms with Crippen molar-refractivity contribution in [3.05, 3.63) is 0 Å². The third kappa shape index (κ3) is 3.31. The second kappa shape index (κ2) is 5.43. The molecule has 1 heterocycles. The highest BCUT2D eigenvalue weighted by atomic mass is 16.2. The second-order valence-electron chi connectivity index (χ2n) is 7.73. The van der Waals surface area contributed by atoms with E-state index in [1.54, 1.807) is 0 Å². The lowest BCUT2D eigenvalue weighted by Gasteiger charge is -2.45. The Hall–Kier alpha value is -0.570. The van der Waals surface area contributed by atoms with E-state index in [1.807, 2.05) is 25.7 Å². The SMILES string of the molecule is CC(C)(C)[C@@H](N)C(=O)N1CCC2(CCCCC2)CC1. The largest absolute Gasteiger partial charge is 0.341 e. The van der Waals surface area contributed by atoms with Crippen molar-refractivity contribution >= 4 is 5.91 Å². The van der Waals surface area contributed by atoms with Crippen LogP contribution in [0.1, 0.15) is 65.7 Å². The monoisotopic (exact) mass is 266 g/mol. The highest BCUT2D eigenvalue weighted by molar-refractivity contribution is 5.82. The van der Waals surface area contributed by atoms with E-state index >= 15 is 0 Å². The predicted molar refractivity (Wildman–Crippen MR) is 78.8 cm³/mol. The first kappa shape index (κ1) is 14.8. The summed E-state index contributed by atoms with van der Waals surface area (Å²) in [6.45, 7) is 7.97. The minimum atomic E-state index is -0.368. The van der Waals surface area contributed by atoms with Crippen molar-refractivity contribution < 1.29 is 4.79 Å². The summed E-state index contributed by atoms with van der Waals surface area (Å²) in [5, 5.41) is 0. The van der Waals surface area contributed by atoms with Gasteiger partial charge in [-0.05, 0) is 36.5 Å². The Morgan fingerprint density at radius 3 is 2.05 bits per heavy atom. The summed E-state index contributed by atoms with van der Waals surface area (Å²) in [7, 11) is 0. The van der Waals surface area contributed by atoms with Crippen LogP contribution in [0.4, 0.5) is 0 Å². The van der Waals surface area contributed by atoms with Crippen molar-refractivity contribution in [3.8, 4) is 0 Å². The minimum absolute atomic E-state index is 0.142. The average Bonchev–Trinajstić information content (AvgIpc) is 2.38. The van der Waals surface area contributed by atoms with Gasteiger partial charge >= 0.3 is 0 Å². The van der Waals surface area contributed by atoms with Gasteiger partial charge in [0.1, 0.15) is 0 Å². The molecule has 0 bridgehead atoms. The van der Waals surface area contributed by atoms with Crippen molar-refractivity contribution in [1.82, 2.24) is 4.90 Å². The van der Waals surface area contributed by atoms with Crippen molar-refractivity contribution in [2.24, 2.45) is 16.6 Å². The zero-order chi connectivity index (χ0) is 14.1. The Morgan fingerprint density at radius 1 is 1.05 bits per heavy atom. The summed E-state index contributed by atoms with van der Waals surface area (Å²) in [5.41, 5.74) is 6.52. The van der Waals surface area contributed by atoms with Gasteiger partial charge in [0.15, 0.2) is 0 Å². The van der Waals surface area contributed by atoms with Crippen molar-refractivity contribution in [1.29, 1.82) is 0 Å². The fraction of sp³-hybridized carbons (Fsp3) is 0.938. The maximum absolute atomic E-state index is 12.4. The van der Waals surface area contributed by atoms with Gasteiger partial charge in [0.2, 0.25) is 5.91 Å². The van der Waals surface area contributed by atoms with E-state index in [0.717, 1.165) is 13.1 Å². The number of likely N-dealkylation sites (tertiary alicyclic amines) is 1. The smallest absolute Gasteiger partial charge is 0.240 e. The molecule has 0 unspecified atom stereocenters. The zero-order valence-corrected chi connectivity index (χ0v) is 12.9. The molecule has 0 aromatic rings. The molecule has 1 amide bonds. The molecule has 1 aliphatic carbocycles. The highest BCUT2D eigenvalue weighted by Gasteiger charge is 2.39. The molecule has 2 rings (SSSR count). The number of piperidine rings is 1. The van der Waals surface area contributed by atoms with Gasteiger partial charge in [0.25, 0.3) is 0 Å². The summed E-state index contributed by atoms with van der Waals surface area (Å²) in [4.78, 5) is 14.4. The van der Waals surface area contributed by atoms with Gasteiger partial charge in [0.05, 0.1) is 6.04 Å². The lowest BCUT2D eigenvalue weighted by Crippen LogP contribution is -2.53. The first-order valence-corrected chi connectivity index (χ1v) is 7.89. The Kier molecular flexibility index (Phi) is 4.24. The molecule has 0 radical (unpaired) electrons. The van der Waals surface area contributed by atoms with E-state index in [4.69, 9.17) is 5.73 Å². The Bertz CT molecular complexity index is 316. The zero-order valence-electron chi connectivity index (χ0n) is 12.9. The van der Waals surface area contributed by atoms with Crippen LogP contribution in [-0.4, -0.2) is 29.9 Å². The summed E-state index contributed by atoms with van der Waals surface area (Å²) in [5.74, 6) is 0.151. The van der Waals surface area contributed by atoms with Crippen LogP contribution in [0.5, 0.6) is 0 Å². The van der Waals surface area contributed by atoms with Crippen LogP contribution in [0.15, 0.2) is 0 Å². The standard InChI is InChI=1S/C16H30N2O/c1-15(2,3)13(17)14(19)18-11-9-16(10-12-18)7-5-4-6-8-16/h13H,4-12,17H2,1-3H3/t13-/m0/s1. The third-order valence-corrected chi connectivity index (χ3v) is 5.25. The molecule has 1 atom stereocenters. The Labute approximate surface area is 117 Å². The third-order valence-electron chi connectivity index (χ3n) is 5.25. The van der Waals surface area contributed by atoms with Crippen LogP contribution in [0.3, 0.4) is 0 Å². The fourth-order valence-corrected chi connectivity index (χ4v) is 3.57. The number of amides is 1. The number of hydrogen-bond acceptors (Lipinski definition) is 2. The number of carbonyl (C=O) groups excluding carboxylic acids is 1. The van der Waals surface area contributed by atoms with Gasteiger partial charge < -0.3 is 10.6 Å². The van der Waals surface area contributed by atoms with Crippen LogP contribution < -0.4 is 5.73 Å². The summed E-state index contributed by atoms with van der Waals surface area (Å²) >= 11 is 0. The topological polar surface area (TPSA) is 46.3 Å². The van der Waals surface area contributed by atoms with Crippen LogP contribution >= 0.6 is 0 Å². The average molecular weight is 266 g/mol. The van der Waals surface area contributed by atoms with Gasteiger partial charge in [-0.2, -0.15) is 0 Å². The quantitative estimate of drug-likeness (QED) is 0.793. The molecule has 3 nitrogen and oxygen atoms in total. The van der Waals surface area contributed by atoms with Crippen LogP contribution in [0.2, 0.25) is 0 Å². The molecule has 1 saturated carbocycles. The molecule has 110 valence electrons. The molecule has 2 N–H and O–H groups in total. The maximum atomic E-state index is 12.4. The summed E-state index contributed by atoms with van der Waals surface area (Å²) in [6.07, 6.45) is 9.30. The summed E-state index contributed by atoms with van der Waals surface area (Å²) in [6, 6.07) is -0.368. The number of nitrogens with two attached hydrogens (primary N) is 1. The number of hydrogen-bond donors (Lipinski definition) is 1. The van der Waals surface area contributed by atoms with E-state index in [0.29, 0.717) is 5.41 Å². The molecular weight excluding hydrogens is 236 g/mol. The van der Waals surface area contributed by atoms with Crippen molar-refractivity contribution in [2.75, 3.05) is 13.1 Å². The first-order valence-electron chi connectivity index (χ1n) is 7.89. The van der Waals surface area contributed by atoms with Crippen molar-refractivity contribution in [3.63, 3.8) is 0 Å². The predicted octanol–water partition coefficient (Wildman–Crippen LogP) is 2.93. The number of carbonyl (C=O) groups is 1. The molecule has 1 aliphatic heterocycles. The second-order valence-corrected chi connectivity index (χ2v) is 7.73. The molecule has 1 spiro atoms. The molecule has 0 aromatic heterocycles. The van der Waals surface area contributed by atoms with Gasteiger partial charge in [-0.15, -0.1) is 0 Å². The fourth-order valence-electron chi connectivity index (χ4n) is 3.57. The summed E-state index contributed by atoms with van der Waals surface area (Å²) < 4.78 is 0. The van der Waals surface area contributed by atoms with E-state index in [1.165, 1.54) is 44.9 Å². The maximum Gasteiger partial charge on any atom is 0.240 e. The normalized spacial score (nSPS) is 25.4. The van der Waals surface area contributed by atoms with Gasteiger partial charge in [0, 0.05) is 13.1 Å². The first-order chi connectivity index (χ1) is 8.84. The molecule has 1 saturated heterocycles. The molecule has 0 aromatic carbocycles. The Morgan fingerprint density at radius 2 is 1.58 bits per heavy atom. The molecular formula is C16H30N2O. The molecule has 19 heavy (non-hydrogen) atoms. The minimum Gasteiger partial charge on any atom is -0.341 e. The van der Waals surface area contributed by atoms with Crippen LogP contribution in [0.25, 0.3) is 0 Å². The van der Waals surface area contributed by atoms with E-state index < -0.39 is 0 Å². The van der Waals surface area contributed by atoms with E-state index in [2.05, 4.69) is 0 Å². The molecule has 3 heteroatoms. The molecule has 2 aliphatic rings. The van der Waals surface area contributed by atoms with Gasteiger partial charge in [-0.3, -0.25) is 4.79 Å². The van der Waals surface area contributed by atoms with Gasteiger partial charge in [-0.25, -0.2) is 0 Å². The van der Waals surface area contributed by atoms with Gasteiger partial charge in [-0.1, -0.05) is 40.0 Å². The van der Waals surface area contributed by atoms with Crippen LogP contribution in [-0.2, 0) is 4.79 Å². The number of rotatable bonds is 1. The van der Waals surface area contributed by atoms with Crippen molar-refractivity contribution in [2.45, 2.75) is 71.8 Å². The Balaban J connectivity index is 1.91. The lowest BCUT2D eigenvalue weighted by molar-refractivity contribution is -0.137.